The number of hydrogen-bond donors (Lipinski definition) is 1. The number of benzene rings is 1. The SMILES string of the molecule is Cc1ccc(NC(=O)COc2ccc(Cl)cc2Br)nc1. The summed E-state index contributed by atoms with van der Waals surface area (Å²) < 4.78 is 6.10. The molecule has 2 rings (SSSR count). The molecule has 0 unspecified atom stereocenters. The van der Waals surface area contributed by atoms with Gasteiger partial charge >= 0.3 is 0 Å². The molecule has 1 aromatic heterocycles. The van der Waals surface area contributed by atoms with Gasteiger partial charge in [-0.25, -0.2) is 4.98 Å². The van der Waals surface area contributed by atoms with Gasteiger partial charge in [-0.1, -0.05) is 17.7 Å². The van der Waals surface area contributed by atoms with Crippen LogP contribution in [-0.2, 0) is 4.79 Å². The number of nitrogens with zero attached hydrogens (tertiary/aromatic N) is 1. The quantitative estimate of drug-likeness (QED) is 0.907. The van der Waals surface area contributed by atoms with Crippen LogP contribution in [0.4, 0.5) is 5.82 Å². The van der Waals surface area contributed by atoms with Crippen molar-refractivity contribution in [2.75, 3.05) is 11.9 Å². The largest absolute Gasteiger partial charge is 0.483 e. The second kappa shape index (κ2) is 6.72. The third-order valence-electron chi connectivity index (χ3n) is 2.43. The average molecular weight is 356 g/mol. The second-order valence-corrected chi connectivity index (χ2v) is 5.42. The Morgan fingerprint density at radius 1 is 1.40 bits per heavy atom. The number of aryl methyl sites for hydroxylation is 1. The highest BCUT2D eigenvalue weighted by Crippen LogP contribution is 2.27. The molecule has 1 aromatic carbocycles. The molecule has 1 amide bonds. The van der Waals surface area contributed by atoms with E-state index < -0.39 is 0 Å². The Balaban J connectivity index is 1.90. The maximum atomic E-state index is 11.7. The van der Waals surface area contributed by atoms with E-state index in [4.69, 9.17) is 16.3 Å². The first-order valence-corrected chi connectivity index (χ1v) is 7.02. The van der Waals surface area contributed by atoms with Gasteiger partial charge in [0.05, 0.1) is 4.47 Å². The Kier molecular flexibility index (Phi) is 4.98. The van der Waals surface area contributed by atoms with Gasteiger partial charge < -0.3 is 10.1 Å². The van der Waals surface area contributed by atoms with Gasteiger partial charge in [0.2, 0.25) is 0 Å². The highest BCUT2D eigenvalue weighted by Gasteiger charge is 2.07. The van der Waals surface area contributed by atoms with Crippen molar-refractivity contribution in [3.8, 4) is 5.75 Å². The molecule has 2 aromatic rings. The molecule has 0 aliphatic heterocycles. The number of pyridine rings is 1. The minimum atomic E-state index is -0.275. The molecule has 1 N–H and O–H groups in total. The van der Waals surface area contributed by atoms with E-state index in [-0.39, 0.29) is 12.5 Å². The van der Waals surface area contributed by atoms with E-state index in [9.17, 15) is 4.79 Å². The molecule has 0 saturated carbocycles. The minimum Gasteiger partial charge on any atom is -0.483 e. The molecule has 0 aliphatic rings. The summed E-state index contributed by atoms with van der Waals surface area (Å²) in [5.74, 6) is 0.781. The number of carbonyl (C=O) groups is 1. The lowest BCUT2D eigenvalue weighted by Crippen LogP contribution is -2.20. The van der Waals surface area contributed by atoms with Gasteiger partial charge in [0.25, 0.3) is 5.91 Å². The Morgan fingerprint density at radius 2 is 2.20 bits per heavy atom. The minimum absolute atomic E-state index is 0.101. The zero-order valence-corrected chi connectivity index (χ0v) is 13.0. The first-order chi connectivity index (χ1) is 9.54. The third kappa shape index (κ3) is 4.21. The number of amides is 1. The van der Waals surface area contributed by atoms with E-state index in [1.807, 2.05) is 13.0 Å². The van der Waals surface area contributed by atoms with E-state index in [1.165, 1.54) is 0 Å². The molecule has 1 heterocycles. The fourth-order valence-electron chi connectivity index (χ4n) is 1.46. The van der Waals surface area contributed by atoms with Crippen molar-refractivity contribution in [3.63, 3.8) is 0 Å². The molecule has 0 fully saturated rings. The van der Waals surface area contributed by atoms with Gasteiger partial charge in [-0.15, -0.1) is 0 Å². The molecule has 6 heteroatoms. The van der Waals surface area contributed by atoms with Gasteiger partial charge in [0.1, 0.15) is 11.6 Å². The summed E-state index contributed by atoms with van der Waals surface area (Å²) in [6.45, 7) is 1.83. The van der Waals surface area contributed by atoms with Crippen LogP contribution in [0.3, 0.4) is 0 Å². The van der Waals surface area contributed by atoms with Gasteiger partial charge in [0, 0.05) is 11.2 Å². The second-order valence-electron chi connectivity index (χ2n) is 4.13. The van der Waals surface area contributed by atoms with Crippen molar-refractivity contribution in [2.45, 2.75) is 6.92 Å². The normalized spacial score (nSPS) is 10.2. The van der Waals surface area contributed by atoms with Crippen LogP contribution in [-0.4, -0.2) is 17.5 Å². The summed E-state index contributed by atoms with van der Waals surface area (Å²) in [6.07, 6.45) is 1.69. The molecule has 20 heavy (non-hydrogen) atoms. The molecule has 0 saturated heterocycles. The summed E-state index contributed by atoms with van der Waals surface area (Å²) in [6, 6.07) is 8.71. The number of carbonyl (C=O) groups excluding carboxylic acids is 1. The van der Waals surface area contributed by atoms with Crippen molar-refractivity contribution in [2.24, 2.45) is 0 Å². The van der Waals surface area contributed by atoms with Gasteiger partial charge in [-0.3, -0.25) is 4.79 Å². The maximum Gasteiger partial charge on any atom is 0.263 e. The highest BCUT2D eigenvalue weighted by atomic mass is 79.9. The van der Waals surface area contributed by atoms with Crippen LogP contribution in [0.25, 0.3) is 0 Å². The maximum absolute atomic E-state index is 11.7. The van der Waals surface area contributed by atoms with Crippen molar-refractivity contribution in [3.05, 3.63) is 51.6 Å². The lowest BCUT2D eigenvalue weighted by Gasteiger charge is -2.08. The Labute approximate surface area is 130 Å². The molecular formula is C14H12BrClN2O2. The zero-order chi connectivity index (χ0) is 14.5. The molecule has 4 nitrogen and oxygen atoms in total. The smallest absolute Gasteiger partial charge is 0.263 e. The van der Waals surface area contributed by atoms with E-state index >= 15 is 0 Å². The lowest BCUT2D eigenvalue weighted by atomic mass is 10.3. The zero-order valence-electron chi connectivity index (χ0n) is 10.7. The number of rotatable bonds is 4. The molecule has 104 valence electrons. The Morgan fingerprint density at radius 3 is 2.85 bits per heavy atom. The van der Waals surface area contributed by atoms with Crippen molar-refractivity contribution >= 4 is 39.3 Å². The van der Waals surface area contributed by atoms with Crippen LogP contribution in [0.1, 0.15) is 5.56 Å². The van der Waals surface area contributed by atoms with Crippen LogP contribution in [0.2, 0.25) is 5.02 Å². The Hall–Kier alpha value is -1.59. The lowest BCUT2D eigenvalue weighted by molar-refractivity contribution is -0.118. The summed E-state index contributed by atoms with van der Waals surface area (Å²) >= 11 is 9.15. The van der Waals surface area contributed by atoms with E-state index in [0.717, 1.165) is 5.56 Å². The number of aromatic nitrogens is 1. The standard InChI is InChI=1S/C14H12BrClN2O2/c1-9-2-5-13(17-7-9)18-14(19)8-20-12-4-3-10(16)6-11(12)15/h2-7H,8H2,1H3,(H,17,18,19). The number of halogens is 2. The fraction of sp³-hybridized carbons (Fsp3) is 0.143. The number of ether oxygens (including phenoxy) is 1. The van der Waals surface area contributed by atoms with Crippen LogP contribution in [0.15, 0.2) is 41.0 Å². The summed E-state index contributed by atoms with van der Waals surface area (Å²) in [4.78, 5) is 15.8. The Bertz CT molecular complexity index is 617. The summed E-state index contributed by atoms with van der Waals surface area (Å²) in [7, 11) is 0. The third-order valence-corrected chi connectivity index (χ3v) is 3.29. The van der Waals surface area contributed by atoms with Crippen molar-refractivity contribution in [1.82, 2.24) is 4.98 Å². The van der Waals surface area contributed by atoms with Crippen LogP contribution < -0.4 is 10.1 Å². The predicted octanol–water partition coefficient (Wildman–Crippen LogP) is 3.82. The topological polar surface area (TPSA) is 51.2 Å². The van der Waals surface area contributed by atoms with Crippen LogP contribution >= 0.6 is 27.5 Å². The van der Waals surface area contributed by atoms with Crippen molar-refractivity contribution < 1.29 is 9.53 Å². The first-order valence-electron chi connectivity index (χ1n) is 5.85. The fourth-order valence-corrected chi connectivity index (χ4v) is 2.25. The molecule has 0 aliphatic carbocycles. The number of anilines is 1. The van der Waals surface area contributed by atoms with E-state index in [1.54, 1.807) is 30.5 Å². The summed E-state index contributed by atoms with van der Waals surface area (Å²) in [5, 5.41) is 3.25. The predicted molar refractivity (Wildman–Crippen MR) is 82.3 cm³/mol. The molecule has 0 radical (unpaired) electrons. The number of hydrogen-bond acceptors (Lipinski definition) is 3. The van der Waals surface area contributed by atoms with Crippen LogP contribution in [0, 0.1) is 6.92 Å². The molecule has 0 atom stereocenters. The van der Waals surface area contributed by atoms with E-state index in [0.29, 0.717) is 21.1 Å². The molecular weight excluding hydrogens is 344 g/mol. The highest BCUT2D eigenvalue weighted by molar-refractivity contribution is 9.10. The first kappa shape index (κ1) is 14.8. The number of nitrogens with one attached hydrogen (secondary N) is 1. The van der Waals surface area contributed by atoms with Gasteiger partial charge in [-0.05, 0) is 52.7 Å². The monoisotopic (exact) mass is 354 g/mol. The van der Waals surface area contributed by atoms with Crippen molar-refractivity contribution in [1.29, 1.82) is 0 Å². The summed E-state index contributed by atoms with van der Waals surface area (Å²) in [5.41, 5.74) is 1.03. The average Bonchev–Trinajstić information content (AvgIpc) is 2.40. The van der Waals surface area contributed by atoms with Gasteiger partial charge in [-0.2, -0.15) is 0 Å². The van der Waals surface area contributed by atoms with Gasteiger partial charge in [0.15, 0.2) is 6.61 Å². The molecule has 0 bridgehead atoms. The molecule has 0 spiro atoms. The van der Waals surface area contributed by atoms with Crippen LogP contribution in [0.5, 0.6) is 5.75 Å². The van der Waals surface area contributed by atoms with E-state index in [2.05, 4.69) is 26.2 Å².